The molecular formula is C38H16F18N6. The first-order valence-electron chi connectivity index (χ1n) is 16.9. The van der Waals surface area contributed by atoms with Gasteiger partial charge < -0.3 is 0 Å². The number of pyridine rings is 4. The highest BCUT2D eigenvalue weighted by Gasteiger charge is 2.42. The maximum Gasteiger partial charge on any atom is 0.433 e. The van der Waals surface area contributed by atoms with Gasteiger partial charge in [0.1, 0.15) is 34.2 Å². The molecule has 2 aliphatic rings. The molecule has 0 spiro atoms. The van der Waals surface area contributed by atoms with Crippen molar-refractivity contribution in [3.05, 3.63) is 150 Å². The first kappa shape index (κ1) is 43.7. The molecule has 0 radical (unpaired) electrons. The number of nitrogens with zero attached hydrogens (tertiary/aromatic N) is 6. The highest BCUT2D eigenvalue weighted by Crippen LogP contribution is 2.39. The molecule has 24 heteroatoms. The molecule has 324 valence electrons. The second-order valence-corrected chi connectivity index (χ2v) is 13.6. The number of hydrogen-bond donors (Lipinski definition) is 0. The Bertz CT molecular complexity index is 2830. The third-order valence-corrected chi connectivity index (χ3v) is 9.02. The number of fused-ring (bicyclic) bond motifs is 2. The third kappa shape index (κ3) is 8.32. The van der Waals surface area contributed by atoms with E-state index in [1.54, 1.807) is 0 Å². The summed E-state index contributed by atoms with van der Waals surface area (Å²) in [5, 5.41) is -0.972. The Morgan fingerprint density at radius 1 is 0.306 bits per heavy atom. The Morgan fingerprint density at radius 3 is 0.855 bits per heavy atom. The highest BCUT2D eigenvalue weighted by atomic mass is 19.4. The maximum atomic E-state index is 14.0. The van der Waals surface area contributed by atoms with E-state index < -0.39 is 127 Å². The molecule has 0 atom stereocenters. The van der Waals surface area contributed by atoms with E-state index in [4.69, 9.17) is 0 Å². The van der Waals surface area contributed by atoms with E-state index in [0.29, 0.717) is 12.1 Å². The van der Waals surface area contributed by atoms with Crippen LogP contribution in [0.2, 0.25) is 0 Å². The molecule has 0 saturated heterocycles. The summed E-state index contributed by atoms with van der Waals surface area (Å²) in [6.45, 7) is 2.24. The van der Waals surface area contributed by atoms with E-state index in [9.17, 15) is 79.0 Å². The molecule has 6 nitrogen and oxygen atoms in total. The van der Waals surface area contributed by atoms with Crippen LogP contribution in [0.3, 0.4) is 0 Å². The molecule has 0 bridgehead atoms. The van der Waals surface area contributed by atoms with Crippen molar-refractivity contribution < 1.29 is 79.0 Å². The fourth-order valence-corrected chi connectivity index (χ4v) is 6.54. The molecule has 7 rings (SSSR count). The van der Waals surface area contributed by atoms with Gasteiger partial charge in [-0.05, 0) is 74.5 Å². The number of benzene rings is 1. The summed E-state index contributed by atoms with van der Waals surface area (Å²) < 4.78 is 252. The largest absolute Gasteiger partial charge is 0.433 e. The molecule has 62 heavy (non-hydrogen) atoms. The fraction of sp³-hybridized carbons (Fsp3) is 0.211. The van der Waals surface area contributed by atoms with Crippen molar-refractivity contribution in [3.63, 3.8) is 0 Å². The van der Waals surface area contributed by atoms with Gasteiger partial charge in [0.2, 0.25) is 0 Å². The Kier molecular flexibility index (Phi) is 9.93. The van der Waals surface area contributed by atoms with Gasteiger partial charge in [0.05, 0.1) is 22.8 Å². The van der Waals surface area contributed by atoms with Gasteiger partial charge >= 0.3 is 37.1 Å². The summed E-state index contributed by atoms with van der Waals surface area (Å²) in [7, 11) is 0. The number of halogens is 18. The summed E-state index contributed by atoms with van der Waals surface area (Å²) in [5.41, 5.74) is -19.1. The zero-order valence-electron chi connectivity index (χ0n) is 30.3. The van der Waals surface area contributed by atoms with Crippen LogP contribution < -0.4 is 10.4 Å². The second kappa shape index (κ2) is 14.1. The van der Waals surface area contributed by atoms with Crippen LogP contribution in [0.15, 0.2) is 70.6 Å². The lowest BCUT2D eigenvalue weighted by Crippen LogP contribution is -2.25. The van der Waals surface area contributed by atoms with E-state index in [1.807, 2.05) is 0 Å². The summed E-state index contributed by atoms with van der Waals surface area (Å²) in [4.78, 5) is 20.4. The second-order valence-electron chi connectivity index (χ2n) is 13.6. The van der Waals surface area contributed by atoms with Crippen molar-refractivity contribution in [1.29, 1.82) is 0 Å². The van der Waals surface area contributed by atoms with Gasteiger partial charge in [0.25, 0.3) is 0 Å². The fourth-order valence-electron chi connectivity index (χ4n) is 6.54. The lowest BCUT2D eigenvalue weighted by molar-refractivity contribution is -0.151. The number of alkyl halides is 18. The Balaban J connectivity index is 1.65. The zero-order valence-corrected chi connectivity index (χ0v) is 30.3. The molecule has 0 aliphatic carbocycles. The lowest BCUT2D eigenvalue weighted by Gasteiger charge is -2.14. The minimum atomic E-state index is -5.59. The Morgan fingerprint density at radius 2 is 0.548 bits per heavy atom. The monoisotopic (exact) mass is 898 g/mol. The number of aromatic nitrogens is 4. The summed E-state index contributed by atoms with van der Waals surface area (Å²) in [5.74, 6) is 0. The number of hydrogen-bond acceptors (Lipinski definition) is 6. The van der Waals surface area contributed by atoms with E-state index in [2.05, 4.69) is 29.9 Å². The molecule has 6 heterocycles. The average molecular weight is 899 g/mol. The average Bonchev–Trinajstić information content (AvgIpc) is 3.69. The minimum absolute atomic E-state index is 0.0512. The van der Waals surface area contributed by atoms with Gasteiger partial charge in [-0.1, -0.05) is 0 Å². The third-order valence-electron chi connectivity index (χ3n) is 9.02. The van der Waals surface area contributed by atoms with Crippen molar-refractivity contribution in [1.82, 2.24) is 19.9 Å². The molecule has 0 unspecified atom stereocenters. The van der Waals surface area contributed by atoms with Crippen LogP contribution in [-0.4, -0.2) is 31.4 Å². The number of aliphatic imine (C=N–C) groups is 2. The molecule has 4 aromatic heterocycles. The van der Waals surface area contributed by atoms with Gasteiger partial charge in [-0.3, -0.25) is 0 Å². The summed E-state index contributed by atoms with van der Waals surface area (Å²) in [6, 6.07) is 4.96. The van der Waals surface area contributed by atoms with Gasteiger partial charge in [-0.2, -0.15) is 79.0 Å². The van der Waals surface area contributed by atoms with Crippen molar-refractivity contribution in [2.45, 2.75) is 50.9 Å². The van der Waals surface area contributed by atoms with Crippen LogP contribution in [0.25, 0.3) is 11.4 Å². The molecule has 2 aliphatic heterocycles. The van der Waals surface area contributed by atoms with E-state index in [1.165, 1.54) is 0 Å². The predicted molar refractivity (Wildman–Crippen MR) is 178 cm³/mol. The van der Waals surface area contributed by atoms with Crippen LogP contribution in [0.5, 0.6) is 0 Å². The summed E-state index contributed by atoms with van der Waals surface area (Å²) >= 11 is 0. The predicted octanol–water partition coefficient (Wildman–Crippen LogP) is 10.0. The van der Waals surface area contributed by atoms with Crippen LogP contribution in [0.4, 0.5) is 79.0 Å². The lowest BCUT2D eigenvalue weighted by atomic mass is 9.93. The first-order valence-corrected chi connectivity index (χ1v) is 16.9. The van der Waals surface area contributed by atoms with Gasteiger partial charge in [0, 0.05) is 55.2 Å². The van der Waals surface area contributed by atoms with E-state index in [0.717, 1.165) is 38.1 Å². The van der Waals surface area contributed by atoms with E-state index in [-0.39, 0.29) is 46.4 Å². The highest BCUT2D eigenvalue weighted by molar-refractivity contribution is 6.21. The van der Waals surface area contributed by atoms with Crippen LogP contribution in [0.1, 0.15) is 78.9 Å². The first-order chi connectivity index (χ1) is 28.3. The van der Waals surface area contributed by atoms with E-state index >= 15 is 0 Å². The van der Waals surface area contributed by atoms with Crippen molar-refractivity contribution in [2.75, 3.05) is 0 Å². The number of rotatable bonds is 4. The quantitative estimate of drug-likeness (QED) is 0.169. The Hall–Kier alpha value is -6.36. The summed E-state index contributed by atoms with van der Waals surface area (Å²) in [6.07, 6.45) is -32.6. The van der Waals surface area contributed by atoms with Crippen LogP contribution >= 0.6 is 0 Å². The molecule has 0 N–H and O–H groups in total. The van der Waals surface area contributed by atoms with Crippen molar-refractivity contribution in [2.24, 2.45) is 9.98 Å². The van der Waals surface area contributed by atoms with Crippen molar-refractivity contribution in [3.8, 4) is 0 Å². The smallest absolute Gasteiger partial charge is 0.249 e. The maximum absolute atomic E-state index is 14.0. The molecule has 0 amide bonds. The zero-order chi connectivity index (χ0) is 45.9. The van der Waals surface area contributed by atoms with Gasteiger partial charge in [-0.25, -0.2) is 29.9 Å². The van der Waals surface area contributed by atoms with Crippen molar-refractivity contribution >= 4 is 22.8 Å². The van der Waals surface area contributed by atoms with Gasteiger partial charge in [0.15, 0.2) is 0 Å². The van der Waals surface area contributed by atoms with Crippen LogP contribution in [-0.2, 0) is 37.1 Å². The molecule has 5 aromatic rings. The number of aryl methyl sites for hydroxylation is 2. The standard InChI is InChI=1S/C38H16F18N6/c1-13-3-15(5-23(57-13)33(39,40)41)29-19-11-21-22(12-20(19)30(61-29)16-4-14(2)58-24(6-16)34(42,43)44)32(18-9-27(37(51,52)53)60-28(10-18)38(54,55)56)62-31(21)17-7-25(35(45,46)47)59-26(8-17)36(48,49)50/h3-12H,1-2H3. The molecule has 0 fully saturated rings. The SMILES string of the molecule is Cc1cc(C2=NC(c3cc(C)nc(C(F)(F)F)c3)=c3cc4c(cc32)=C(c2cc(C(F)(F)F)nc(C(F)(F)F)c2)N=C4c2cc(C(F)(F)F)nc(C(F)(F)F)c2)cc(C(F)(F)F)n1. The molecule has 0 saturated carbocycles. The topological polar surface area (TPSA) is 76.3 Å². The van der Waals surface area contributed by atoms with Crippen LogP contribution in [0, 0.1) is 13.8 Å². The molecular weight excluding hydrogens is 882 g/mol. The van der Waals surface area contributed by atoms with Gasteiger partial charge in [-0.15, -0.1) is 0 Å². The molecule has 1 aromatic carbocycles. The normalized spacial score (nSPS) is 14.9. The Labute approximate surface area is 332 Å². The minimum Gasteiger partial charge on any atom is -0.249 e.